The smallest absolute Gasteiger partial charge is 0.292 e. The first kappa shape index (κ1) is 18.5. The van der Waals surface area contributed by atoms with Crippen LogP contribution in [-0.4, -0.2) is 39.9 Å². The molecule has 0 unspecified atom stereocenters. The molecule has 0 atom stereocenters. The zero-order valence-electron chi connectivity index (χ0n) is 16.7. The van der Waals surface area contributed by atoms with E-state index in [2.05, 4.69) is 28.8 Å². The van der Waals surface area contributed by atoms with E-state index in [0.29, 0.717) is 23.1 Å². The third kappa shape index (κ3) is 3.48. The summed E-state index contributed by atoms with van der Waals surface area (Å²) >= 11 is 0. The lowest BCUT2D eigenvalue weighted by atomic mass is 9.78. The number of benzene rings is 1. The Bertz CT molecular complexity index is 1010. The van der Waals surface area contributed by atoms with Gasteiger partial charge < -0.3 is 9.64 Å². The molecule has 3 aromatic rings. The van der Waals surface area contributed by atoms with Crippen LogP contribution in [0, 0.1) is 5.41 Å². The van der Waals surface area contributed by atoms with Crippen molar-refractivity contribution < 1.29 is 4.74 Å². The number of nitrogens with zero attached hydrogens (tertiary/aromatic N) is 4. The SMILES string of the molecule is CCC1(C)CCN(c2cnc3c(=O)[nH]n(Cc4ccc(OC)cc4)c3n2)CC1. The summed E-state index contributed by atoms with van der Waals surface area (Å²) in [6, 6.07) is 7.79. The maximum absolute atomic E-state index is 12.3. The number of nitrogens with one attached hydrogen (secondary N) is 1. The summed E-state index contributed by atoms with van der Waals surface area (Å²) in [6.45, 7) is 7.08. The molecule has 1 aliphatic rings. The van der Waals surface area contributed by atoms with Crippen molar-refractivity contribution in [2.24, 2.45) is 5.41 Å². The highest BCUT2D eigenvalue weighted by Gasteiger charge is 2.29. The number of aromatic amines is 1. The molecule has 7 nitrogen and oxygen atoms in total. The second kappa shape index (κ2) is 7.30. The van der Waals surface area contributed by atoms with Gasteiger partial charge in [-0.3, -0.25) is 14.6 Å². The van der Waals surface area contributed by atoms with Crippen LogP contribution in [0.4, 0.5) is 5.82 Å². The van der Waals surface area contributed by atoms with E-state index in [4.69, 9.17) is 9.72 Å². The Labute approximate surface area is 164 Å². The molecule has 28 heavy (non-hydrogen) atoms. The van der Waals surface area contributed by atoms with Crippen LogP contribution in [0.2, 0.25) is 0 Å². The fraction of sp³-hybridized carbons (Fsp3) is 0.476. The fourth-order valence-electron chi connectivity index (χ4n) is 3.76. The number of hydrogen-bond donors (Lipinski definition) is 1. The molecule has 0 spiro atoms. The van der Waals surface area contributed by atoms with Crippen LogP contribution in [0.25, 0.3) is 11.2 Å². The summed E-state index contributed by atoms with van der Waals surface area (Å²) < 4.78 is 6.98. The van der Waals surface area contributed by atoms with E-state index >= 15 is 0 Å². The number of H-pyrrole nitrogens is 1. The molecule has 1 saturated heterocycles. The molecule has 1 aliphatic heterocycles. The van der Waals surface area contributed by atoms with Crippen molar-refractivity contribution in [3.63, 3.8) is 0 Å². The summed E-state index contributed by atoms with van der Waals surface area (Å²) in [6.07, 6.45) is 5.22. The summed E-state index contributed by atoms with van der Waals surface area (Å²) in [5.41, 5.74) is 2.24. The van der Waals surface area contributed by atoms with Crippen LogP contribution in [0.5, 0.6) is 5.75 Å². The number of piperidine rings is 1. The molecule has 0 bridgehead atoms. The molecule has 7 heteroatoms. The van der Waals surface area contributed by atoms with Crippen molar-refractivity contribution in [3.8, 4) is 5.75 Å². The Hall–Kier alpha value is -2.83. The quantitative estimate of drug-likeness (QED) is 0.734. The molecule has 3 heterocycles. The normalized spacial score (nSPS) is 16.5. The van der Waals surface area contributed by atoms with E-state index < -0.39 is 0 Å². The van der Waals surface area contributed by atoms with Gasteiger partial charge in [0.05, 0.1) is 19.9 Å². The van der Waals surface area contributed by atoms with Gasteiger partial charge in [0.2, 0.25) is 0 Å². The average Bonchev–Trinajstić information content (AvgIpc) is 3.04. The Kier molecular flexibility index (Phi) is 4.83. The average molecular weight is 381 g/mol. The monoisotopic (exact) mass is 381 g/mol. The van der Waals surface area contributed by atoms with Gasteiger partial charge in [0.1, 0.15) is 11.6 Å². The number of fused-ring (bicyclic) bond motifs is 1. The van der Waals surface area contributed by atoms with Crippen LogP contribution in [0.3, 0.4) is 0 Å². The predicted molar refractivity (Wildman–Crippen MR) is 110 cm³/mol. The first-order valence-electron chi connectivity index (χ1n) is 9.85. The molecule has 0 radical (unpaired) electrons. The molecule has 1 fully saturated rings. The molecule has 148 valence electrons. The molecule has 1 N–H and O–H groups in total. The third-order valence-electron chi connectivity index (χ3n) is 6.10. The Morgan fingerprint density at radius 2 is 1.93 bits per heavy atom. The van der Waals surface area contributed by atoms with E-state index in [1.165, 1.54) is 6.42 Å². The number of methoxy groups -OCH3 is 1. The van der Waals surface area contributed by atoms with E-state index in [9.17, 15) is 4.79 Å². The number of aromatic nitrogens is 4. The minimum absolute atomic E-state index is 0.209. The van der Waals surface area contributed by atoms with Crippen LogP contribution in [0.1, 0.15) is 38.7 Å². The Balaban J connectivity index is 1.61. The van der Waals surface area contributed by atoms with Crippen molar-refractivity contribution in [2.45, 2.75) is 39.7 Å². The van der Waals surface area contributed by atoms with Gasteiger partial charge in [0.25, 0.3) is 5.56 Å². The standard InChI is InChI=1S/C21H27N5O2/c1-4-21(2)9-11-25(12-10-21)17-13-22-18-19(23-17)26(24-20(18)27)14-15-5-7-16(28-3)8-6-15/h5-8,13H,4,9-12,14H2,1-3H3,(H,24,27). The van der Waals surface area contributed by atoms with E-state index in [-0.39, 0.29) is 5.56 Å². The van der Waals surface area contributed by atoms with Gasteiger partial charge >= 0.3 is 0 Å². The lowest BCUT2D eigenvalue weighted by Gasteiger charge is -2.39. The van der Waals surface area contributed by atoms with Gasteiger partial charge in [-0.15, -0.1) is 0 Å². The van der Waals surface area contributed by atoms with Crippen LogP contribution < -0.4 is 15.2 Å². The number of anilines is 1. The molecule has 1 aromatic carbocycles. The largest absolute Gasteiger partial charge is 0.497 e. The summed E-state index contributed by atoms with van der Waals surface area (Å²) in [4.78, 5) is 23.8. The van der Waals surface area contributed by atoms with Gasteiger partial charge in [0.15, 0.2) is 11.2 Å². The summed E-state index contributed by atoms with van der Waals surface area (Å²) in [7, 11) is 1.65. The molecular weight excluding hydrogens is 354 g/mol. The van der Waals surface area contributed by atoms with Gasteiger partial charge in [-0.05, 0) is 36.0 Å². The first-order chi connectivity index (χ1) is 13.5. The van der Waals surface area contributed by atoms with Crippen molar-refractivity contribution in [2.75, 3.05) is 25.1 Å². The minimum Gasteiger partial charge on any atom is -0.497 e. The first-order valence-corrected chi connectivity index (χ1v) is 9.85. The van der Waals surface area contributed by atoms with E-state index in [0.717, 1.165) is 43.1 Å². The Morgan fingerprint density at radius 3 is 2.57 bits per heavy atom. The van der Waals surface area contributed by atoms with Crippen molar-refractivity contribution in [3.05, 3.63) is 46.4 Å². The van der Waals surface area contributed by atoms with E-state index in [1.807, 2.05) is 24.3 Å². The summed E-state index contributed by atoms with van der Waals surface area (Å²) in [5, 5.41) is 2.87. The maximum Gasteiger partial charge on any atom is 0.292 e. The topological polar surface area (TPSA) is 76.0 Å². The lowest BCUT2D eigenvalue weighted by molar-refractivity contribution is 0.238. The third-order valence-corrected chi connectivity index (χ3v) is 6.10. The number of hydrogen-bond acceptors (Lipinski definition) is 5. The number of ether oxygens (including phenoxy) is 1. The van der Waals surface area contributed by atoms with Crippen molar-refractivity contribution >= 4 is 17.0 Å². The Morgan fingerprint density at radius 1 is 1.21 bits per heavy atom. The summed E-state index contributed by atoms with van der Waals surface area (Å²) in [5.74, 6) is 1.65. The van der Waals surface area contributed by atoms with Gasteiger partial charge in [-0.25, -0.2) is 9.97 Å². The van der Waals surface area contributed by atoms with Gasteiger partial charge in [-0.2, -0.15) is 0 Å². The maximum atomic E-state index is 12.3. The number of rotatable bonds is 5. The van der Waals surface area contributed by atoms with Crippen LogP contribution >= 0.6 is 0 Å². The fourth-order valence-corrected chi connectivity index (χ4v) is 3.76. The second-order valence-corrected chi connectivity index (χ2v) is 7.93. The molecule has 4 rings (SSSR count). The molecular formula is C21H27N5O2. The zero-order valence-corrected chi connectivity index (χ0v) is 16.7. The highest BCUT2D eigenvalue weighted by Crippen LogP contribution is 2.35. The zero-order chi connectivity index (χ0) is 19.7. The van der Waals surface area contributed by atoms with Crippen LogP contribution in [-0.2, 0) is 6.54 Å². The van der Waals surface area contributed by atoms with Gasteiger partial charge in [0, 0.05) is 13.1 Å². The van der Waals surface area contributed by atoms with E-state index in [1.54, 1.807) is 18.0 Å². The highest BCUT2D eigenvalue weighted by molar-refractivity contribution is 5.71. The molecule has 0 aliphatic carbocycles. The van der Waals surface area contributed by atoms with Crippen LogP contribution in [0.15, 0.2) is 35.3 Å². The minimum atomic E-state index is -0.209. The van der Waals surface area contributed by atoms with Gasteiger partial charge in [-0.1, -0.05) is 32.4 Å². The molecule has 0 amide bonds. The second-order valence-electron chi connectivity index (χ2n) is 7.93. The molecule has 2 aromatic heterocycles. The van der Waals surface area contributed by atoms with Crippen molar-refractivity contribution in [1.29, 1.82) is 0 Å². The van der Waals surface area contributed by atoms with Crippen molar-refractivity contribution in [1.82, 2.24) is 19.7 Å². The lowest BCUT2D eigenvalue weighted by Crippen LogP contribution is -2.38. The molecule has 0 saturated carbocycles. The predicted octanol–water partition coefficient (Wildman–Crippen LogP) is 3.19. The highest BCUT2D eigenvalue weighted by atomic mass is 16.5.